The fraction of sp³-hybridized carbons (Fsp3) is 0.308. The number of H-pyrrole nitrogens is 1. The number of nitrogens with one attached hydrogen (secondary N) is 2. The number of hydrogen-bond acceptors (Lipinski definition) is 4. The molecule has 0 aliphatic rings. The second-order valence-electron chi connectivity index (χ2n) is 4.33. The largest absolute Gasteiger partial charge is 0.481 e. The molecule has 2 rings (SSSR count). The van der Waals surface area contributed by atoms with Crippen LogP contribution < -0.4 is 15.8 Å². The molecule has 0 fully saturated rings. The molecule has 7 heteroatoms. The number of fused-ring (bicyclic) bond motifs is 1. The van der Waals surface area contributed by atoms with E-state index in [-0.39, 0.29) is 5.91 Å². The van der Waals surface area contributed by atoms with Gasteiger partial charge in [0.1, 0.15) is 5.69 Å². The molecule has 20 heavy (non-hydrogen) atoms. The van der Waals surface area contributed by atoms with E-state index in [1.165, 1.54) is 14.0 Å². The highest BCUT2D eigenvalue weighted by Crippen LogP contribution is 2.23. The molecule has 2 aromatic rings. The topological polar surface area (TPSA) is 110 Å². The third-order valence-electron chi connectivity index (χ3n) is 2.92. The highest BCUT2D eigenvalue weighted by molar-refractivity contribution is 5.99. The first-order valence-corrected chi connectivity index (χ1v) is 6.12. The standard InChI is InChI=1S/C13H16N4O3/c1-7(18)15-6-5-8-11-9(16-12(8)13(14)19)3-4-10(17-11)20-2/h3-4,16H,5-6H2,1-2H3,(H2,14,19)(H,15,18). The number of ether oxygens (including phenoxy) is 1. The number of hydrogen-bond donors (Lipinski definition) is 3. The predicted octanol–water partition coefficient (Wildman–Crippen LogP) is 0.349. The van der Waals surface area contributed by atoms with Crippen molar-refractivity contribution in [3.8, 4) is 5.88 Å². The van der Waals surface area contributed by atoms with Crippen molar-refractivity contribution in [1.82, 2.24) is 15.3 Å². The van der Waals surface area contributed by atoms with E-state index in [2.05, 4.69) is 15.3 Å². The highest BCUT2D eigenvalue weighted by Gasteiger charge is 2.17. The smallest absolute Gasteiger partial charge is 0.265 e. The lowest BCUT2D eigenvalue weighted by molar-refractivity contribution is -0.118. The van der Waals surface area contributed by atoms with Gasteiger partial charge in [-0.3, -0.25) is 9.59 Å². The van der Waals surface area contributed by atoms with Gasteiger partial charge in [0, 0.05) is 25.1 Å². The van der Waals surface area contributed by atoms with Crippen molar-refractivity contribution in [2.75, 3.05) is 13.7 Å². The van der Waals surface area contributed by atoms with E-state index in [4.69, 9.17) is 10.5 Å². The average molecular weight is 276 g/mol. The first kappa shape index (κ1) is 13.9. The van der Waals surface area contributed by atoms with Crippen LogP contribution >= 0.6 is 0 Å². The van der Waals surface area contributed by atoms with Gasteiger partial charge in [-0.15, -0.1) is 0 Å². The van der Waals surface area contributed by atoms with E-state index in [9.17, 15) is 9.59 Å². The Hall–Kier alpha value is -2.57. The molecular weight excluding hydrogens is 260 g/mol. The summed E-state index contributed by atoms with van der Waals surface area (Å²) in [5.74, 6) is -0.232. The zero-order chi connectivity index (χ0) is 14.7. The maximum atomic E-state index is 11.5. The third kappa shape index (κ3) is 2.71. The summed E-state index contributed by atoms with van der Waals surface area (Å²) in [6, 6.07) is 3.47. The molecule has 0 aliphatic heterocycles. The van der Waals surface area contributed by atoms with Crippen molar-refractivity contribution < 1.29 is 14.3 Å². The molecule has 0 atom stereocenters. The Balaban J connectivity index is 2.43. The minimum absolute atomic E-state index is 0.129. The van der Waals surface area contributed by atoms with Crippen LogP contribution in [-0.2, 0) is 11.2 Å². The molecule has 4 N–H and O–H groups in total. The van der Waals surface area contributed by atoms with Crippen LogP contribution in [0.4, 0.5) is 0 Å². The number of aromatic nitrogens is 2. The quantitative estimate of drug-likeness (QED) is 0.731. The SMILES string of the molecule is COc1ccc2[nH]c(C(N)=O)c(CCNC(C)=O)c2n1. The van der Waals surface area contributed by atoms with E-state index < -0.39 is 5.91 Å². The molecule has 0 unspecified atom stereocenters. The van der Waals surface area contributed by atoms with Crippen molar-refractivity contribution in [3.05, 3.63) is 23.4 Å². The summed E-state index contributed by atoms with van der Waals surface area (Å²) in [6.07, 6.45) is 0.456. The lowest BCUT2D eigenvalue weighted by Gasteiger charge is -2.04. The van der Waals surface area contributed by atoms with Gasteiger partial charge in [0.25, 0.3) is 5.91 Å². The number of methoxy groups -OCH3 is 1. The van der Waals surface area contributed by atoms with Gasteiger partial charge in [-0.1, -0.05) is 0 Å². The fourth-order valence-corrected chi connectivity index (χ4v) is 2.03. The third-order valence-corrected chi connectivity index (χ3v) is 2.92. The Morgan fingerprint density at radius 3 is 2.80 bits per heavy atom. The average Bonchev–Trinajstić information content (AvgIpc) is 2.76. The van der Waals surface area contributed by atoms with Crippen molar-refractivity contribution in [2.45, 2.75) is 13.3 Å². The predicted molar refractivity (Wildman–Crippen MR) is 73.6 cm³/mol. The summed E-state index contributed by atoms with van der Waals surface area (Å²) in [7, 11) is 1.52. The van der Waals surface area contributed by atoms with Crippen molar-refractivity contribution in [1.29, 1.82) is 0 Å². The molecule has 0 aromatic carbocycles. The van der Waals surface area contributed by atoms with Gasteiger partial charge in [-0.05, 0) is 12.5 Å². The van der Waals surface area contributed by atoms with Crippen molar-refractivity contribution in [2.24, 2.45) is 5.73 Å². The Kier molecular flexibility index (Phi) is 3.88. The van der Waals surface area contributed by atoms with E-state index in [1.54, 1.807) is 12.1 Å². The van der Waals surface area contributed by atoms with Crippen LogP contribution in [0.25, 0.3) is 11.0 Å². The van der Waals surface area contributed by atoms with Crippen LogP contribution in [0, 0.1) is 0 Å². The Morgan fingerprint density at radius 2 is 2.20 bits per heavy atom. The molecule has 0 bridgehead atoms. The number of primary amides is 1. The molecule has 0 spiro atoms. The summed E-state index contributed by atoms with van der Waals surface area (Å²) < 4.78 is 5.08. The van der Waals surface area contributed by atoms with Gasteiger partial charge in [0.15, 0.2) is 0 Å². The second kappa shape index (κ2) is 5.60. The lowest BCUT2D eigenvalue weighted by Crippen LogP contribution is -2.23. The van der Waals surface area contributed by atoms with Gasteiger partial charge >= 0.3 is 0 Å². The van der Waals surface area contributed by atoms with Gasteiger partial charge in [-0.2, -0.15) is 0 Å². The summed E-state index contributed by atoms with van der Waals surface area (Å²) in [5, 5.41) is 2.68. The highest BCUT2D eigenvalue weighted by atomic mass is 16.5. The Labute approximate surface area is 115 Å². The summed E-state index contributed by atoms with van der Waals surface area (Å²) >= 11 is 0. The van der Waals surface area contributed by atoms with E-state index in [0.717, 1.165) is 0 Å². The molecule has 106 valence electrons. The van der Waals surface area contributed by atoms with Crippen LogP contribution in [0.5, 0.6) is 5.88 Å². The lowest BCUT2D eigenvalue weighted by atomic mass is 10.1. The van der Waals surface area contributed by atoms with Crippen LogP contribution in [0.3, 0.4) is 0 Å². The van der Waals surface area contributed by atoms with E-state index >= 15 is 0 Å². The van der Waals surface area contributed by atoms with Gasteiger partial charge < -0.3 is 20.8 Å². The minimum atomic E-state index is -0.556. The number of carbonyl (C=O) groups is 2. The summed E-state index contributed by atoms with van der Waals surface area (Å²) in [6.45, 7) is 1.84. The zero-order valence-corrected chi connectivity index (χ0v) is 11.3. The van der Waals surface area contributed by atoms with E-state index in [0.29, 0.717) is 41.1 Å². The summed E-state index contributed by atoms with van der Waals surface area (Å²) in [5.41, 5.74) is 7.69. The van der Waals surface area contributed by atoms with E-state index in [1.807, 2.05) is 0 Å². The minimum Gasteiger partial charge on any atom is -0.481 e. The second-order valence-corrected chi connectivity index (χ2v) is 4.33. The molecule has 2 aromatic heterocycles. The number of pyridine rings is 1. The van der Waals surface area contributed by atoms with Gasteiger partial charge in [0.2, 0.25) is 11.8 Å². The summed E-state index contributed by atoms with van der Waals surface area (Å²) in [4.78, 5) is 29.7. The van der Waals surface area contributed by atoms with Crippen LogP contribution in [0.2, 0.25) is 0 Å². The van der Waals surface area contributed by atoms with Crippen molar-refractivity contribution >= 4 is 22.8 Å². The molecule has 0 saturated heterocycles. The first-order valence-electron chi connectivity index (χ1n) is 6.12. The number of amides is 2. The zero-order valence-electron chi connectivity index (χ0n) is 11.3. The van der Waals surface area contributed by atoms with Crippen LogP contribution in [0.1, 0.15) is 23.0 Å². The molecule has 0 saturated carbocycles. The Bertz CT molecular complexity index is 663. The normalized spacial score (nSPS) is 10.5. The van der Waals surface area contributed by atoms with Gasteiger partial charge in [0.05, 0.1) is 18.1 Å². The first-order chi connectivity index (χ1) is 9.52. The molecule has 2 amide bonds. The molecule has 0 radical (unpaired) electrons. The van der Waals surface area contributed by atoms with Crippen molar-refractivity contribution in [3.63, 3.8) is 0 Å². The number of nitrogens with two attached hydrogens (primary N) is 1. The molecule has 2 heterocycles. The van der Waals surface area contributed by atoms with Gasteiger partial charge in [-0.25, -0.2) is 4.98 Å². The molecular formula is C13H16N4O3. The van der Waals surface area contributed by atoms with Crippen LogP contribution in [0.15, 0.2) is 12.1 Å². The maximum Gasteiger partial charge on any atom is 0.265 e. The molecule has 7 nitrogen and oxygen atoms in total. The monoisotopic (exact) mass is 276 g/mol. The fourth-order valence-electron chi connectivity index (χ4n) is 2.03. The number of rotatable bonds is 5. The Morgan fingerprint density at radius 1 is 1.45 bits per heavy atom. The number of nitrogens with zero attached hydrogens (tertiary/aromatic N) is 1. The number of carbonyl (C=O) groups excluding carboxylic acids is 2. The number of aromatic amines is 1. The maximum absolute atomic E-state index is 11.5. The molecule has 0 aliphatic carbocycles. The van der Waals surface area contributed by atoms with Crippen LogP contribution in [-0.4, -0.2) is 35.4 Å².